The highest BCUT2D eigenvalue weighted by atomic mass is 32.2. The average Bonchev–Trinajstić information content (AvgIpc) is 3.18. The zero-order chi connectivity index (χ0) is 17.6. The Morgan fingerprint density at radius 3 is 3.00 bits per heavy atom. The van der Waals surface area contributed by atoms with Gasteiger partial charge in [0.25, 0.3) is 0 Å². The Kier molecular flexibility index (Phi) is 3.76. The van der Waals surface area contributed by atoms with Gasteiger partial charge >= 0.3 is 0 Å². The van der Waals surface area contributed by atoms with E-state index < -0.39 is 0 Å². The first-order chi connectivity index (χ1) is 12.0. The molecule has 0 radical (unpaired) electrons. The number of hydrogen-bond donors (Lipinski definition) is 2. The van der Waals surface area contributed by atoms with E-state index >= 15 is 0 Å². The quantitative estimate of drug-likeness (QED) is 0.749. The molecule has 128 valence electrons. The summed E-state index contributed by atoms with van der Waals surface area (Å²) in [5, 5.41) is 22.0. The van der Waals surface area contributed by atoms with Crippen molar-refractivity contribution in [1.29, 1.82) is 0 Å². The fourth-order valence-corrected chi connectivity index (χ4v) is 3.63. The minimum Gasteiger partial charge on any atom is -0.508 e. The van der Waals surface area contributed by atoms with Crippen LogP contribution >= 0.6 is 11.8 Å². The second-order valence-electron chi connectivity index (χ2n) is 6.01. The van der Waals surface area contributed by atoms with Crippen molar-refractivity contribution in [2.24, 2.45) is 7.05 Å². The maximum atomic E-state index is 12.1. The lowest BCUT2D eigenvalue weighted by Crippen LogP contribution is -2.23. The van der Waals surface area contributed by atoms with E-state index in [1.807, 2.05) is 36.7 Å². The molecule has 0 saturated carbocycles. The average molecular weight is 356 g/mol. The van der Waals surface area contributed by atoms with Gasteiger partial charge in [-0.3, -0.25) is 4.79 Å². The van der Waals surface area contributed by atoms with Crippen molar-refractivity contribution >= 4 is 23.4 Å². The number of carbonyl (C=O) groups is 1. The lowest BCUT2D eigenvalue weighted by atomic mass is 9.87. The second-order valence-corrected chi connectivity index (χ2v) is 6.99. The van der Waals surface area contributed by atoms with Gasteiger partial charge < -0.3 is 19.4 Å². The van der Waals surface area contributed by atoms with E-state index in [1.54, 1.807) is 12.4 Å². The molecule has 2 aromatic heterocycles. The summed E-state index contributed by atoms with van der Waals surface area (Å²) in [6.07, 6.45) is 1.93. The SMILES string of the molecule is Cc1cc2c(cc1O)NC(=O)C[C@@H]2c1ccc(Sc2nncn2C)o1. The number of aryl methyl sites for hydroxylation is 2. The lowest BCUT2D eigenvalue weighted by Gasteiger charge is -2.25. The van der Waals surface area contributed by atoms with E-state index in [1.165, 1.54) is 11.8 Å². The van der Waals surface area contributed by atoms with Crippen LogP contribution in [0.1, 0.15) is 29.2 Å². The number of benzene rings is 1. The summed E-state index contributed by atoms with van der Waals surface area (Å²) in [7, 11) is 1.86. The van der Waals surface area contributed by atoms with Crippen molar-refractivity contribution in [2.75, 3.05) is 5.32 Å². The number of anilines is 1. The van der Waals surface area contributed by atoms with Gasteiger partial charge in [0.2, 0.25) is 5.91 Å². The number of hydrogen-bond acceptors (Lipinski definition) is 6. The number of phenols is 1. The Morgan fingerprint density at radius 2 is 2.24 bits per heavy atom. The van der Waals surface area contributed by atoms with Crippen molar-refractivity contribution in [3.8, 4) is 5.75 Å². The highest BCUT2D eigenvalue weighted by Crippen LogP contribution is 2.41. The molecule has 8 heteroatoms. The summed E-state index contributed by atoms with van der Waals surface area (Å²) >= 11 is 1.38. The molecule has 0 spiro atoms. The predicted molar refractivity (Wildman–Crippen MR) is 91.8 cm³/mol. The molecule has 7 nitrogen and oxygen atoms in total. The molecule has 0 bridgehead atoms. The fourth-order valence-electron chi connectivity index (χ4n) is 2.90. The maximum absolute atomic E-state index is 12.1. The fraction of sp³-hybridized carbons (Fsp3) is 0.235. The van der Waals surface area contributed by atoms with Crippen molar-refractivity contribution < 1.29 is 14.3 Å². The first-order valence-electron chi connectivity index (χ1n) is 7.76. The maximum Gasteiger partial charge on any atom is 0.225 e. The number of nitrogens with zero attached hydrogens (tertiary/aromatic N) is 3. The summed E-state index contributed by atoms with van der Waals surface area (Å²) in [5.41, 5.74) is 2.34. The van der Waals surface area contributed by atoms with E-state index in [0.29, 0.717) is 23.0 Å². The number of nitrogens with one attached hydrogen (secondary N) is 1. The summed E-state index contributed by atoms with van der Waals surface area (Å²) in [6.45, 7) is 1.83. The van der Waals surface area contributed by atoms with Gasteiger partial charge in [0.1, 0.15) is 17.8 Å². The normalized spacial score (nSPS) is 16.6. The van der Waals surface area contributed by atoms with Crippen molar-refractivity contribution in [3.05, 3.63) is 47.5 Å². The predicted octanol–water partition coefficient (Wildman–Crippen LogP) is 3.05. The van der Waals surface area contributed by atoms with Crippen LogP contribution in [0.15, 0.2) is 45.3 Å². The number of aromatic hydroxyl groups is 1. The summed E-state index contributed by atoms with van der Waals surface area (Å²) in [6, 6.07) is 7.24. The number of phenolic OH excluding ortho intramolecular Hbond substituents is 1. The van der Waals surface area contributed by atoms with Gasteiger partial charge in [0.05, 0.1) is 5.92 Å². The third-order valence-corrected chi connectivity index (χ3v) is 5.19. The monoisotopic (exact) mass is 356 g/mol. The molecule has 0 aliphatic carbocycles. The molecule has 3 aromatic rings. The molecule has 1 aliphatic heterocycles. The topological polar surface area (TPSA) is 93.2 Å². The Balaban J connectivity index is 1.68. The van der Waals surface area contributed by atoms with Crippen molar-refractivity contribution in [2.45, 2.75) is 29.5 Å². The van der Waals surface area contributed by atoms with Gasteiger partial charge in [-0.15, -0.1) is 10.2 Å². The third-order valence-electron chi connectivity index (χ3n) is 4.21. The van der Waals surface area contributed by atoms with Crippen molar-refractivity contribution in [1.82, 2.24) is 14.8 Å². The smallest absolute Gasteiger partial charge is 0.225 e. The number of furan rings is 1. The molecule has 1 amide bonds. The van der Waals surface area contributed by atoms with Gasteiger partial charge in [0.15, 0.2) is 10.2 Å². The van der Waals surface area contributed by atoms with Crippen LogP contribution in [0.3, 0.4) is 0 Å². The molecule has 1 aliphatic rings. The minimum atomic E-state index is -0.183. The molecule has 1 aromatic carbocycles. The van der Waals surface area contributed by atoms with Crippen LogP contribution in [0.5, 0.6) is 5.75 Å². The van der Waals surface area contributed by atoms with Crippen LogP contribution in [-0.2, 0) is 11.8 Å². The zero-order valence-electron chi connectivity index (χ0n) is 13.7. The van der Waals surface area contributed by atoms with Gasteiger partial charge in [-0.1, -0.05) is 0 Å². The number of carbonyl (C=O) groups excluding carboxylic acids is 1. The highest BCUT2D eigenvalue weighted by Gasteiger charge is 2.29. The molecule has 0 fully saturated rings. The number of amides is 1. The standard InChI is InChI=1S/C17H16N4O3S/c1-9-5-10-11(6-15(23)19-12(10)7-13(9)22)14-3-4-16(24-14)25-17-20-18-8-21(17)2/h3-5,7-8,11,22H,6H2,1-2H3,(H,19,23)/t11-/m0/s1. The Labute approximate surface area is 148 Å². The van der Waals surface area contributed by atoms with Crippen LogP contribution in [-0.4, -0.2) is 25.8 Å². The van der Waals surface area contributed by atoms with E-state index in [4.69, 9.17) is 4.42 Å². The molecule has 2 N–H and O–H groups in total. The van der Waals surface area contributed by atoms with E-state index in [9.17, 15) is 9.90 Å². The third kappa shape index (κ3) is 2.89. The molecular formula is C17H16N4O3S. The van der Waals surface area contributed by atoms with Crippen LogP contribution < -0.4 is 5.32 Å². The number of fused-ring (bicyclic) bond motifs is 1. The lowest BCUT2D eigenvalue weighted by molar-refractivity contribution is -0.116. The van der Waals surface area contributed by atoms with E-state index in [2.05, 4.69) is 15.5 Å². The molecule has 0 unspecified atom stereocenters. The van der Waals surface area contributed by atoms with Crippen LogP contribution in [0.25, 0.3) is 0 Å². The van der Waals surface area contributed by atoms with E-state index in [-0.39, 0.29) is 17.6 Å². The molecule has 4 rings (SSSR count). The Morgan fingerprint density at radius 1 is 1.40 bits per heavy atom. The second kappa shape index (κ2) is 5.96. The molecule has 0 saturated heterocycles. The van der Waals surface area contributed by atoms with Gasteiger partial charge in [-0.2, -0.15) is 0 Å². The van der Waals surface area contributed by atoms with E-state index in [0.717, 1.165) is 16.3 Å². The zero-order valence-corrected chi connectivity index (χ0v) is 14.5. The number of rotatable bonds is 3. The number of aromatic nitrogens is 3. The highest BCUT2D eigenvalue weighted by molar-refractivity contribution is 7.99. The van der Waals surface area contributed by atoms with Crippen molar-refractivity contribution in [3.63, 3.8) is 0 Å². The Bertz CT molecular complexity index is 963. The van der Waals surface area contributed by atoms with Crippen LogP contribution in [0.4, 0.5) is 5.69 Å². The first kappa shape index (κ1) is 15.8. The van der Waals surface area contributed by atoms with Gasteiger partial charge in [-0.25, -0.2) is 0 Å². The molecular weight excluding hydrogens is 340 g/mol. The molecule has 25 heavy (non-hydrogen) atoms. The van der Waals surface area contributed by atoms with Crippen LogP contribution in [0.2, 0.25) is 0 Å². The van der Waals surface area contributed by atoms with Crippen LogP contribution in [0, 0.1) is 6.92 Å². The minimum absolute atomic E-state index is 0.0975. The van der Waals surface area contributed by atoms with Gasteiger partial charge in [0, 0.05) is 25.2 Å². The first-order valence-corrected chi connectivity index (χ1v) is 8.58. The van der Waals surface area contributed by atoms with Gasteiger partial charge in [-0.05, 0) is 48.0 Å². The Hall–Kier alpha value is -2.74. The molecule has 1 atom stereocenters. The largest absolute Gasteiger partial charge is 0.508 e. The summed E-state index contributed by atoms with van der Waals surface area (Å²) < 4.78 is 7.77. The summed E-state index contributed by atoms with van der Waals surface area (Å²) in [4.78, 5) is 12.1. The summed E-state index contributed by atoms with van der Waals surface area (Å²) in [5.74, 6) is 0.597. The molecule has 3 heterocycles.